The van der Waals surface area contributed by atoms with Crippen molar-refractivity contribution in [3.8, 4) is 22.8 Å². The topological polar surface area (TPSA) is 130 Å². The number of ether oxygens (including phenoxy) is 2. The number of aromatic amines is 1. The summed E-state index contributed by atoms with van der Waals surface area (Å²) in [6.07, 6.45) is 2.23. The van der Waals surface area contributed by atoms with E-state index in [0.717, 1.165) is 22.4 Å². The van der Waals surface area contributed by atoms with Gasteiger partial charge in [-0.05, 0) is 54.0 Å². The number of alkyl halides is 1. The van der Waals surface area contributed by atoms with E-state index in [4.69, 9.17) is 43.4 Å². The summed E-state index contributed by atoms with van der Waals surface area (Å²) in [5.74, 6) is 0.713. The summed E-state index contributed by atoms with van der Waals surface area (Å²) in [5, 5.41) is 9.49. The average molecular weight is 576 g/mol. The Kier molecular flexibility index (Phi) is 7.02. The highest BCUT2D eigenvalue weighted by Gasteiger charge is 2.27. The van der Waals surface area contributed by atoms with Gasteiger partial charge in [0.05, 0.1) is 11.6 Å². The second-order valence-electron chi connectivity index (χ2n) is 9.15. The summed E-state index contributed by atoms with van der Waals surface area (Å²) in [5.41, 5.74) is 12.2. The molecular formula is C28H23Cl2N7O3. The summed E-state index contributed by atoms with van der Waals surface area (Å²) in [6, 6.07) is 22.7. The molecule has 1 amide bonds. The highest BCUT2D eigenvalue weighted by atomic mass is 35.5. The Morgan fingerprint density at radius 3 is 2.60 bits per heavy atom. The van der Waals surface area contributed by atoms with Gasteiger partial charge in [0.2, 0.25) is 18.3 Å². The second kappa shape index (κ2) is 10.9. The molecule has 4 N–H and O–H groups in total. The first-order valence-electron chi connectivity index (χ1n) is 12.4. The number of carbonyl (C=O) groups excluding carboxylic acids is 1. The van der Waals surface area contributed by atoms with Crippen molar-refractivity contribution in [3.05, 3.63) is 100 Å². The Hall–Kier alpha value is -4.54. The molecule has 4 aromatic rings. The van der Waals surface area contributed by atoms with Crippen molar-refractivity contribution < 1.29 is 14.3 Å². The zero-order valence-corrected chi connectivity index (χ0v) is 22.4. The fourth-order valence-corrected chi connectivity index (χ4v) is 5.08. The molecule has 0 aliphatic carbocycles. The van der Waals surface area contributed by atoms with E-state index in [9.17, 15) is 4.79 Å². The minimum atomic E-state index is -0.652. The zero-order chi connectivity index (χ0) is 27.6. The van der Waals surface area contributed by atoms with Crippen LogP contribution in [-0.2, 0) is 11.2 Å². The first kappa shape index (κ1) is 25.7. The van der Waals surface area contributed by atoms with Gasteiger partial charge in [-0.3, -0.25) is 4.79 Å². The first-order valence-corrected chi connectivity index (χ1v) is 13.2. The molecule has 0 bridgehead atoms. The maximum Gasteiger partial charge on any atom is 0.245 e. The number of anilines is 1. The van der Waals surface area contributed by atoms with Crippen molar-refractivity contribution in [2.24, 2.45) is 16.1 Å². The van der Waals surface area contributed by atoms with Crippen LogP contribution in [0.25, 0.3) is 17.3 Å². The number of nitrogens with zero attached hydrogens (tertiary/aromatic N) is 4. The number of H-pyrrole nitrogens is 1. The molecule has 0 saturated heterocycles. The average Bonchev–Trinajstić information content (AvgIpc) is 3.71. The molecule has 2 atom stereocenters. The monoisotopic (exact) mass is 575 g/mol. The summed E-state index contributed by atoms with van der Waals surface area (Å²) in [4.78, 5) is 20.9. The number of aromatic nitrogens is 2. The lowest BCUT2D eigenvalue weighted by molar-refractivity contribution is -0.114. The zero-order valence-electron chi connectivity index (χ0n) is 20.9. The van der Waals surface area contributed by atoms with Crippen molar-refractivity contribution in [3.63, 3.8) is 0 Å². The predicted molar refractivity (Wildman–Crippen MR) is 152 cm³/mol. The summed E-state index contributed by atoms with van der Waals surface area (Å²) < 4.78 is 10.9. The SMILES string of the molecule is NC(=O)/C(=C/c1ccc(N2NN=NC2Cl)cc1)[C@H](Cc1ccccc1)c1nc(-c2ccc3c(c2)OCO3)c(Cl)[nH]1. The second-order valence-corrected chi connectivity index (χ2v) is 9.91. The van der Waals surface area contributed by atoms with Crippen molar-refractivity contribution >= 4 is 40.9 Å². The quantitative estimate of drug-likeness (QED) is 0.143. The number of benzene rings is 3. The molecule has 3 heterocycles. The van der Waals surface area contributed by atoms with Crippen LogP contribution >= 0.6 is 23.2 Å². The van der Waals surface area contributed by atoms with Crippen LogP contribution in [0.1, 0.15) is 22.9 Å². The maximum atomic E-state index is 12.9. The molecule has 3 aromatic carbocycles. The maximum absolute atomic E-state index is 12.9. The standard InChI is InChI=1S/C28H23Cl2N7O3/c29-25-24(18-8-11-22-23(14-18)40-15-39-22)32-27(33-25)21(13-16-4-2-1-3-5-16)20(26(31)38)12-17-6-9-19(10-7-17)37-28(30)34-35-36-37/h1-12,14,21,28H,13,15H2,(H2,31,38)(H,32,33)(H,34,36)/b20-12+/t21-,28?/m0/s1. The molecule has 0 radical (unpaired) electrons. The van der Waals surface area contributed by atoms with Gasteiger partial charge in [-0.15, -0.1) is 5.11 Å². The molecule has 2 aliphatic rings. The normalized spacial score (nSPS) is 16.7. The van der Waals surface area contributed by atoms with Crippen molar-refractivity contribution in [1.29, 1.82) is 0 Å². The fourth-order valence-electron chi connectivity index (χ4n) is 4.63. The van der Waals surface area contributed by atoms with E-state index < -0.39 is 17.5 Å². The third-order valence-electron chi connectivity index (χ3n) is 6.61. The number of carbonyl (C=O) groups is 1. The number of rotatable bonds is 8. The lowest BCUT2D eigenvalue weighted by atomic mass is 9.89. The van der Waals surface area contributed by atoms with E-state index in [1.54, 1.807) is 11.1 Å². The lowest BCUT2D eigenvalue weighted by Gasteiger charge is -2.19. The molecule has 40 heavy (non-hydrogen) atoms. The third kappa shape index (κ3) is 5.18. The molecule has 1 aromatic heterocycles. The molecule has 10 nitrogen and oxygen atoms in total. The Labute approximate surface area is 239 Å². The molecule has 0 fully saturated rings. The minimum Gasteiger partial charge on any atom is -0.454 e. The number of hydrazine groups is 1. The van der Waals surface area contributed by atoms with Crippen LogP contribution in [0.5, 0.6) is 11.5 Å². The van der Waals surface area contributed by atoms with Crippen molar-refractivity contribution in [2.45, 2.75) is 18.0 Å². The number of hydrogen-bond donors (Lipinski definition) is 3. The van der Waals surface area contributed by atoms with E-state index in [2.05, 4.69) is 20.9 Å². The van der Waals surface area contributed by atoms with Gasteiger partial charge < -0.3 is 20.2 Å². The molecule has 12 heteroatoms. The number of halogens is 2. The number of amides is 1. The van der Waals surface area contributed by atoms with Crippen LogP contribution in [0.3, 0.4) is 0 Å². The van der Waals surface area contributed by atoms with Gasteiger partial charge in [0.25, 0.3) is 0 Å². The van der Waals surface area contributed by atoms with Gasteiger partial charge >= 0.3 is 0 Å². The van der Waals surface area contributed by atoms with Gasteiger partial charge in [-0.25, -0.2) is 9.99 Å². The highest BCUT2D eigenvalue weighted by Crippen LogP contribution is 2.39. The smallest absolute Gasteiger partial charge is 0.245 e. The molecular weight excluding hydrogens is 553 g/mol. The number of nitrogens with one attached hydrogen (secondary N) is 2. The number of fused-ring (bicyclic) bond motifs is 1. The largest absolute Gasteiger partial charge is 0.454 e. The van der Waals surface area contributed by atoms with Crippen LogP contribution in [0.15, 0.2) is 88.7 Å². The van der Waals surface area contributed by atoms with Crippen LogP contribution in [0.4, 0.5) is 5.69 Å². The summed E-state index contributed by atoms with van der Waals surface area (Å²) in [6.45, 7) is 0.164. The van der Waals surface area contributed by atoms with E-state index >= 15 is 0 Å². The van der Waals surface area contributed by atoms with Crippen LogP contribution < -0.4 is 25.8 Å². The van der Waals surface area contributed by atoms with Gasteiger partial charge in [-0.2, -0.15) is 5.53 Å². The van der Waals surface area contributed by atoms with E-state index in [1.807, 2.05) is 72.8 Å². The predicted octanol–water partition coefficient (Wildman–Crippen LogP) is 5.57. The summed E-state index contributed by atoms with van der Waals surface area (Å²) >= 11 is 12.8. The van der Waals surface area contributed by atoms with Crippen LogP contribution in [0.2, 0.25) is 5.15 Å². The van der Waals surface area contributed by atoms with Crippen LogP contribution in [0, 0.1) is 0 Å². The molecule has 6 rings (SSSR count). The Balaban J connectivity index is 1.37. The molecule has 1 unspecified atom stereocenters. The number of imidazole rings is 1. The Morgan fingerprint density at radius 1 is 1.10 bits per heavy atom. The van der Waals surface area contributed by atoms with E-state index in [-0.39, 0.29) is 6.79 Å². The van der Waals surface area contributed by atoms with Crippen molar-refractivity contribution in [1.82, 2.24) is 15.5 Å². The summed E-state index contributed by atoms with van der Waals surface area (Å²) in [7, 11) is 0. The lowest BCUT2D eigenvalue weighted by Crippen LogP contribution is -2.34. The molecule has 0 spiro atoms. The highest BCUT2D eigenvalue weighted by molar-refractivity contribution is 6.32. The third-order valence-corrected chi connectivity index (χ3v) is 7.16. The number of nitrogens with two attached hydrogens (primary N) is 1. The molecule has 202 valence electrons. The van der Waals surface area contributed by atoms with Gasteiger partial charge in [0.1, 0.15) is 16.7 Å². The minimum absolute atomic E-state index is 0.164. The van der Waals surface area contributed by atoms with Gasteiger partial charge in [0, 0.05) is 11.1 Å². The number of hydrogen-bond acceptors (Lipinski definition) is 8. The van der Waals surface area contributed by atoms with E-state index in [0.29, 0.717) is 40.2 Å². The first-order chi connectivity index (χ1) is 19.5. The Morgan fingerprint density at radius 2 is 1.88 bits per heavy atom. The Bertz CT molecular complexity index is 1610. The van der Waals surface area contributed by atoms with Gasteiger partial charge in [-0.1, -0.05) is 70.9 Å². The van der Waals surface area contributed by atoms with Crippen molar-refractivity contribution in [2.75, 3.05) is 11.8 Å². The van der Waals surface area contributed by atoms with Crippen LogP contribution in [-0.4, -0.2) is 28.3 Å². The van der Waals surface area contributed by atoms with E-state index in [1.165, 1.54) is 0 Å². The number of primary amides is 1. The molecule has 0 saturated carbocycles. The van der Waals surface area contributed by atoms with Gasteiger partial charge in [0.15, 0.2) is 11.5 Å². The molecule has 2 aliphatic heterocycles. The fraction of sp³-hybridized carbons (Fsp3) is 0.143.